The van der Waals surface area contributed by atoms with E-state index in [1.807, 2.05) is 6.92 Å². The largest absolute Gasteiger partial charge is 0.325 e. The topological polar surface area (TPSA) is 63.2 Å². The third-order valence-corrected chi connectivity index (χ3v) is 6.06. The van der Waals surface area contributed by atoms with Crippen molar-refractivity contribution in [3.05, 3.63) is 58.1 Å². The number of amides is 1. The highest BCUT2D eigenvalue weighted by Crippen LogP contribution is 2.29. The molecule has 128 valence electrons. The summed E-state index contributed by atoms with van der Waals surface area (Å²) in [6, 6.07) is 11.6. The summed E-state index contributed by atoms with van der Waals surface area (Å²) < 4.78 is 24.4. The summed E-state index contributed by atoms with van der Waals surface area (Å²) in [7, 11) is -3.39. The van der Waals surface area contributed by atoms with E-state index in [4.69, 9.17) is 23.2 Å². The van der Waals surface area contributed by atoms with Gasteiger partial charge in [0, 0.05) is 6.42 Å². The number of carbonyl (C=O) groups is 1. The molecule has 0 spiro atoms. The number of benzene rings is 2. The maximum Gasteiger partial charge on any atom is 0.224 e. The zero-order valence-electron chi connectivity index (χ0n) is 13.1. The maximum atomic E-state index is 12.2. The highest BCUT2D eigenvalue weighted by atomic mass is 35.5. The molecular formula is C17H17Cl2NO3S. The minimum Gasteiger partial charge on any atom is -0.325 e. The number of halogens is 2. The molecule has 4 nitrogen and oxygen atoms in total. The first-order chi connectivity index (χ1) is 11.3. The second-order valence-corrected chi connectivity index (χ2v) is 8.28. The first-order valence-corrected chi connectivity index (χ1v) is 9.74. The quantitative estimate of drug-likeness (QED) is 0.796. The van der Waals surface area contributed by atoms with Crippen molar-refractivity contribution in [2.24, 2.45) is 0 Å². The van der Waals surface area contributed by atoms with E-state index in [0.29, 0.717) is 10.7 Å². The van der Waals surface area contributed by atoms with Crippen molar-refractivity contribution in [3.8, 4) is 0 Å². The molecule has 0 radical (unpaired) electrons. The SMILES string of the molecule is Cc1ccc(S(=O)(=O)CCCC(=O)Nc2cccc(Cl)c2Cl)cc1. The van der Waals surface area contributed by atoms with Crippen molar-refractivity contribution in [2.45, 2.75) is 24.7 Å². The number of anilines is 1. The Kier molecular flexibility index (Phi) is 6.27. The van der Waals surface area contributed by atoms with Crippen molar-refractivity contribution in [3.63, 3.8) is 0 Å². The fraction of sp³-hybridized carbons (Fsp3) is 0.235. The Morgan fingerprint density at radius 3 is 2.42 bits per heavy atom. The Morgan fingerprint density at radius 2 is 1.75 bits per heavy atom. The van der Waals surface area contributed by atoms with Crippen LogP contribution in [0.15, 0.2) is 47.4 Å². The molecule has 0 saturated heterocycles. The number of carbonyl (C=O) groups excluding carboxylic acids is 1. The van der Waals surface area contributed by atoms with Crippen LogP contribution in [0.3, 0.4) is 0 Å². The lowest BCUT2D eigenvalue weighted by molar-refractivity contribution is -0.116. The first kappa shape index (κ1) is 18.8. The van der Waals surface area contributed by atoms with E-state index >= 15 is 0 Å². The molecule has 0 bridgehead atoms. The lowest BCUT2D eigenvalue weighted by Gasteiger charge is -2.08. The van der Waals surface area contributed by atoms with Gasteiger partial charge in [-0.25, -0.2) is 8.42 Å². The zero-order chi connectivity index (χ0) is 17.7. The van der Waals surface area contributed by atoms with Crippen LogP contribution in [0.4, 0.5) is 5.69 Å². The molecule has 0 aromatic heterocycles. The Balaban J connectivity index is 1.90. The van der Waals surface area contributed by atoms with Crippen LogP contribution in [0.2, 0.25) is 10.0 Å². The smallest absolute Gasteiger partial charge is 0.224 e. The van der Waals surface area contributed by atoms with Gasteiger partial charge in [-0.3, -0.25) is 4.79 Å². The standard InChI is InChI=1S/C17H17Cl2NO3S/c1-12-7-9-13(10-8-12)24(22,23)11-3-6-16(21)20-15-5-2-4-14(18)17(15)19/h2,4-5,7-10H,3,6,11H2,1H3,(H,20,21). The summed E-state index contributed by atoms with van der Waals surface area (Å²) >= 11 is 11.9. The van der Waals surface area contributed by atoms with E-state index in [1.54, 1.807) is 42.5 Å². The molecule has 0 fully saturated rings. The molecule has 1 N–H and O–H groups in total. The van der Waals surface area contributed by atoms with Crippen molar-refractivity contribution >= 4 is 44.6 Å². The van der Waals surface area contributed by atoms with Gasteiger partial charge in [0.05, 0.1) is 26.4 Å². The molecule has 2 aromatic carbocycles. The molecule has 0 heterocycles. The van der Waals surface area contributed by atoms with Gasteiger partial charge in [0.2, 0.25) is 5.91 Å². The lowest BCUT2D eigenvalue weighted by atomic mass is 10.2. The van der Waals surface area contributed by atoms with E-state index in [0.717, 1.165) is 5.56 Å². The minimum absolute atomic E-state index is 0.0773. The Hall–Kier alpha value is -1.56. The summed E-state index contributed by atoms with van der Waals surface area (Å²) in [6.45, 7) is 1.89. The van der Waals surface area contributed by atoms with Crippen molar-refractivity contribution in [1.82, 2.24) is 0 Å². The van der Waals surface area contributed by atoms with Gasteiger partial charge in [-0.1, -0.05) is 47.0 Å². The Bertz CT molecular complexity index is 833. The second kappa shape index (κ2) is 8.01. The number of hydrogen-bond donors (Lipinski definition) is 1. The van der Waals surface area contributed by atoms with Gasteiger partial charge in [0.15, 0.2) is 9.84 Å². The Morgan fingerprint density at radius 1 is 1.08 bits per heavy atom. The number of sulfone groups is 1. The highest BCUT2D eigenvalue weighted by molar-refractivity contribution is 7.91. The molecule has 2 rings (SSSR count). The van der Waals surface area contributed by atoms with Gasteiger partial charge in [-0.2, -0.15) is 0 Å². The van der Waals surface area contributed by atoms with Gasteiger partial charge < -0.3 is 5.32 Å². The Labute approximate surface area is 151 Å². The average Bonchev–Trinajstić information content (AvgIpc) is 2.52. The van der Waals surface area contributed by atoms with Gasteiger partial charge in [-0.05, 0) is 37.6 Å². The molecule has 0 unspecified atom stereocenters. The average molecular weight is 386 g/mol. The third kappa shape index (κ3) is 4.97. The van der Waals surface area contributed by atoms with E-state index in [2.05, 4.69) is 5.32 Å². The molecule has 0 aliphatic heterocycles. The van der Waals surface area contributed by atoms with E-state index < -0.39 is 9.84 Å². The van der Waals surface area contributed by atoms with Crippen LogP contribution in [-0.4, -0.2) is 20.1 Å². The van der Waals surface area contributed by atoms with Gasteiger partial charge in [0.25, 0.3) is 0 Å². The second-order valence-electron chi connectivity index (χ2n) is 5.39. The van der Waals surface area contributed by atoms with Crippen LogP contribution >= 0.6 is 23.2 Å². The summed E-state index contributed by atoms with van der Waals surface area (Å²) in [5.41, 5.74) is 1.40. The maximum absolute atomic E-state index is 12.2. The molecule has 2 aromatic rings. The minimum atomic E-state index is -3.39. The van der Waals surface area contributed by atoms with Crippen LogP contribution in [-0.2, 0) is 14.6 Å². The molecule has 1 amide bonds. The molecule has 0 atom stereocenters. The van der Waals surface area contributed by atoms with Gasteiger partial charge >= 0.3 is 0 Å². The number of hydrogen-bond acceptors (Lipinski definition) is 3. The molecular weight excluding hydrogens is 369 g/mol. The lowest BCUT2D eigenvalue weighted by Crippen LogP contribution is -2.14. The molecule has 0 saturated carbocycles. The molecule has 24 heavy (non-hydrogen) atoms. The number of nitrogens with one attached hydrogen (secondary N) is 1. The summed E-state index contributed by atoms with van der Waals surface area (Å²) in [4.78, 5) is 12.2. The van der Waals surface area contributed by atoms with Crippen molar-refractivity contribution < 1.29 is 13.2 Å². The zero-order valence-corrected chi connectivity index (χ0v) is 15.4. The first-order valence-electron chi connectivity index (χ1n) is 7.33. The predicted octanol–water partition coefficient (Wildman–Crippen LogP) is 4.49. The molecule has 7 heteroatoms. The van der Waals surface area contributed by atoms with Crippen molar-refractivity contribution in [2.75, 3.05) is 11.1 Å². The fourth-order valence-corrected chi connectivity index (χ4v) is 3.76. The number of rotatable bonds is 6. The molecule has 0 aliphatic carbocycles. The van der Waals surface area contributed by atoms with Gasteiger partial charge in [0.1, 0.15) is 0 Å². The number of aryl methyl sites for hydroxylation is 1. The summed E-state index contributed by atoms with van der Waals surface area (Å²) in [5.74, 6) is -0.398. The third-order valence-electron chi connectivity index (χ3n) is 3.42. The monoisotopic (exact) mass is 385 g/mol. The van der Waals surface area contributed by atoms with Crippen LogP contribution in [0.1, 0.15) is 18.4 Å². The van der Waals surface area contributed by atoms with Crippen LogP contribution in [0, 0.1) is 6.92 Å². The summed E-state index contributed by atoms with van der Waals surface area (Å²) in [6.07, 6.45) is 0.300. The van der Waals surface area contributed by atoms with Crippen molar-refractivity contribution in [1.29, 1.82) is 0 Å². The van der Waals surface area contributed by atoms with Crippen LogP contribution in [0.5, 0.6) is 0 Å². The van der Waals surface area contributed by atoms with E-state index in [1.165, 1.54) is 0 Å². The van der Waals surface area contributed by atoms with Crippen LogP contribution < -0.4 is 5.32 Å². The molecule has 0 aliphatic rings. The van der Waals surface area contributed by atoms with E-state index in [-0.39, 0.29) is 34.4 Å². The predicted molar refractivity (Wildman–Crippen MR) is 97.6 cm³/mol. The van der Waals surface area contributed by atoms with Crippen LogP contribution in [0.25, 0.3) is 0 Å². The van der Waals surface area contributed by atoms with Gasteiger partial charge in [-0.15, -0.1) is 0 Å². The highest BCUT2D eigenvalue weighted by Gasteiger charge is 2.15. The summed E-state index contributed by atoms with van der Waals surface area (Å²) in [5, 5.41) is 3.24. The normalized spacial score (nSPS) is 11.3. The fourth-order valence-electron chi connectivity index (χ4n) is 2.10. The van der Waals surface area contributed by atoms with E-state index in [9.17, 15) is 13.2 Å².